The molecule has 6 nitrogen and oxygen atoms in total. The SMILES string of the molecule is C=CCOCC(COCC1COC(C)O1)OB=O. The molecule has 0 radical (unpaired) electrons. The molecule has 1 heterocycles. The van der Waals surface area contributed by atoms with E-state index in [1.807, 2.05) is 6.92 Å². The van der Waals surface area contributed by atoms with Crippen molar-refractivity contribution < 1.29 is 28.3 Å². The van der Waals surface area contributed by atoms with E-state index in [-0.39, 0.29) is 25.6 Å². The molecule has 0 N–H and O–H groups in total. The summed E-state index contributed by atoms with van der Waals surface area (Å²) in [6.07, 6.45) is 0.967. The summed E-state index contributed by atoms with van der Waals surface area (Å²) in [6.45, 7) is 7.25. The van der Waals surface area contributed by atoms with E-state index >= 15 is 0 Å². The number of ether oxygens (including phenoxy) is 4. The Balaban J connectivity index is 2.12. The van der Waals surface area contributed by atoms with Gasteiger partial charge < -0.3 is 0 Å². The molecule has 0 spiro atoms. The van der Waals surface area contributed by atoms with E-state index < -0.39 is 6.10 Å². The van der Waals surface area contributed by atoms with E-state index in [9.17, 15) is 4.70 Å². The third kappa shape index (κ3) is 6.25. The van der Waals surface area contributed by atoms with Gasteiger partial charge in [0.25, 0.3) is 0 Å². The number of rotatable bonds is 10. The molecule has 3 unspecified atom stereocenters. The van der Waals surface area contributed by atoms with Crippen LogP contribution in [0.2, 0.25) is 0 Å². The average molecular weight is 258 g/mol. The minimum atomic E-state index is -0.415. The second-order valence-corrected chi connectivity index (χ2v) is 3.88. The molecule has 1 saturated heterocycles. The molecule has 0 bridgehead atoms. The molecule has 18 heavy (non-hydrogen) atoms. The van der Waals surface area contributed by atoms with Crippen LogP contribution in [0.3, 0.4) is 0 Å². The topological polar surface area (TPSA) is 63.2 Å². The van der Waals surface area contributed by atoms with Gasteiger partial charge in [-0.2, -0.15) is 0 Å². The van der Waals surface area contributed by atoms with Crippen molar-refractivity contribution in [3.63, 3.8) is 0 Å². The quantitative estimate of drug-likeness (QED) is 0.319. The average Bonchev–Trinajstić information content (AvgIpc) is 2.75. The van der Waals surface area contributed by atoms with Crippen LogP contribution in [0.15, 0.2) is 12.7 Å². The van der Waals surface area contributed by atoms with Gasteiger partial charge in [0, 0.05) is 0 Å². The monoisotopic (exact) mass is 258 g/mol. The molecule has 3 atom stereocenters. The van der Waals surface area contributed by atoms with Crippen LogP contribution in [0.4, 0.5) is 0 Å². The summed E-state index contributed by atoms with van der Waals surface area (Å²) in [4.78, 5) is 0. The first-order chi connectivity index (χ1) is 8.76. The van der Waals surface area contributed by atoms with E-state index in [1.165, 1.54) is 0 Å². The van der Waals surface area contributed by atoms with Gasteiger partial charge in [0.2, 0.25) is 0 Å². The number of hydrogen-bond acceptors (Lipinski definition) is 6. The minimum absolute atomic E-state index is 0.0639. The van der Waals surface area contributed by atoms with E-state index in [4.69, 9.17) is 23.6 Å². The predicted molar refractivity (Wildman–Crippen MR) is 63.4 cm³/mol. The third-order valence-electron chi connectivity index (χ3n) is 2.30. The maximum absolute atomic E-state index is 10.3. The maximum atomic E-state index is 10.3. The Bertz CT molecular complexity index is 250. The van der Waals surface area contributed by atoms with E-state index in [1.54, 1.807) is 6.08 Å². The zero-order valence-corrected chi connectivity index (χ0v) is 10.6. The first-order valence-corrected chi connectivity index (χ1v) is 5.88. The van der Waals surface area contributed by atoms with Gasteiger partial charge in [-0.1, -0.05) is 0 Å². The third-order valence-corrected chi connectivity index (χ3v) is 2.30. The summed E-state index contributed by atoms with van der Waals surface area (Å²) < 4.78 is 36.4. The molecule has 1 aliphatic rings. The van der Waals surface area contributed by atoms with Crippen LogP contribution < -0.4 is 0 Å². The first-order valence-electron chi connectivity index (χ1n) is 5.88. The predicted octanol–water partition coefficient (Wildman–Crippen LogP) is 0.317. The van der Waals surface area contributed by atoms with Gasteiger partial charge in [-0.05, 0) is 0 Å². The molecule has 1 rings (SSSR count). The van der Waals surface area contributed by atoms with Gasteiger partial charge in [0.1, 0.15) is 0 Å². The van der Waals surface area contributed by atoms with E-state index in [0.29, 0.717) is 27.2 Å². The van der Waals surface area contributed by atoms with Crippen molar-refractivity contribution in [1.29, 1.82) is 0 Å². The molecule has 1 aliphatic heterocycles. The molecule has 0 aromatic carbocycles. The van der Waals surface area contributed by atoms with Crippen molar-refractivity contribution in [1.82, 2.24) is 0 Å². The first kappa shape index (κ1) is 15.3. The Labute approximate surface area is 107 Å². The van der Waals surface area contributed by atoms with Gasteiger partial charge in [-0.3, -0.25) is 0 Å². The molecule has 1 fully saturated rings. The molecular weight excluding hydrogens is 239 g/mol. The van der Waals surface area contributed by atoms with Gasteiger partial charge in [-0.15, -0.1) is 0 Å². The zero-order chi connectivity index (χ0) is 13.2. The van der Waals surface area contributed by atoms with Crippen molar-refractivity contribution in [3.05, 3.63) is 12.7 Å². The molecule has 0 aliphatic carbocycles. The second-order valence-electron chi connectivity index (χ2n) is 3.88. The molecule has 102 valence electrons. The van der Waals surface area contributed by atoms with E-state index in [0.717, 1.165) is 0 Å². The van der Waals surface area contributed by atoms with Gasteiger partial charge in [0.15, 0.2) is 0 Å². The molecular formula is C11H19BO6. The molecule has 0 aromatic rings. The van der Waals surface area contributed by atoms with Crippen molar-refractivity contribution in [3.8, 4) is 0 Å². The van der Waals surface area contributed by atoms with Crippen molar-refractivity contribution >= 4 is 7.35 Å². The molecule has 0 amide bonds. The Morgan fingerprint density at radius 2 is 2.28 bits per heavy atom. The van der Waals surface area contributed by atoms with Crippen molar-refractivity contribution in [2.75, 3.05) is 33.0 Å². The Morgan fingerprint density at radius 1 is 1.50 bits per heavy atom. The summed E-state index contributed by atoms with van der Waals surface area (Å²) >= 11 is 0. The summed E-state index contributed by atoms with van der Waals surface area (Å²) in [5, 5.41) is 0. The molecule has 0 aromatic heterocycles. The van der Waals surface area contributed by atoms with Crippen LogP contribution in [0, 0.1) is 0 Å². The number of hydrogen-bond donors (Lipinski definition) is 0. The zero-order valence-electron chi connectivity index (χ0n) is 10.6. The Morgan fingerprint density at radius 3 is 2.89 bits per heavy atom. The van der Waals surface area contributed by atoms with Crippen LogP contribution in [0.1, 0.15) is 6.92 Å². The molecule has 7 heteroatoms. The van der Waals surface area contributed by atoms with Crippen LogP contribution in [0.5, 0.6) is 0 Å². The fourth-order valence-electron chi connectivity index (χ4n) is 1.50. The van der Waals surface area contributed by atoms with Gasteiger partial charge in [-0.25, -0.2) is 0 Å². The fourth-order valence-corrected chi connectivity index (χ4v) is 1.50. The Kier molecular flexibility index (Phi) is 7.83. The van der Waals surface area contributed by atoms with Crippen LogP contribution in [0.25, 0.3) is 0 Å². The summed E-state index contributed by atoms with van der Waals surface area (Å²) in [5.41, 5.74) is 0. The van der Waals surface area contributed by atoms with Gasteiger partial charge in [0.05, 0.1) is 0 Å². The fraction of sp³-hybridized carbons (Fsp3) is 0.818. The standard InChI is InChI=1S/C11H19BO6/c1-3-4-14-6-11(18-12-13)7-15-5-10-8-16-9(2)17-10/h3,9-11H,1,4-8H2,2H3. The summed E-state index contributed by atoms with van der Waals surface area (Å²) in [7, 11) is 0.391. The van der Waals surface area contributed by atoms with Crippen molar-refractivity contribution in [2.45, 2.75) is 25.4 Å². The van der Waals surface area contributed by atoms with Crippen LogP contribution in [-0.4, -0.2) is 58.9 Å². The van der Waals surface area contributed by atoms with Crippen LogP contribution >= 0.6 is 0 Å². The molecule has 0 saturated carbocycles. The summed E-state index contributed by atoms with van der Waals surface area (Å²) in [5.74, 6) is 0. The van der Waals surface area contributed by atoms with Gasteiger partial charge >= 0.3 is 107 Å². The van der Waals surface area contributed by atoms with Crippen LogP contribution in [-0.2, 0) is 28.3 Å². The van der Waals surface area contributed by atoms with Crippen molar-refractivity contribution in [2.24, 2.45) is 0 Å². The Hall–Kier alpha value is -0.755. The summed E-state index contributed by atoms with van der Waals surface area (Å²) in [6, 6.07) is 0. The van der Waals surface area contributed by atoms with E-state index in [2.05, 4.69) is 6.58 Å². The normalized spacial score (nSPS) is 24.5. The second kappa shape index (κ2) is 9.21.